The third kappa shape index (κ3) is 0.987. The smallest absolute Gasteiger partial charge is 0.265 e. The predicted octanol–water partition coefficient (Wildman–Crippen LogP) is -1.38. The number of aliphatic imine (C=N–C) groups is 1. The molecule has 3 atom stereocenters. The molecule has 1 aromatic carbocycles. The van der Waals surface area contributed by atoms with Crippen molar-refractivity contribution in [1.29, 1.82) is 0 Å². The van der Waals surface area contributed by atoms with Gasteiger partial charge >= 0.3 is 0 Å². The molecule has 1 aliphatic heterocycles. The van der Waals surface area contributed by atoms with Gasteiger partial charge in [0.1, 0.15) is 11.3 Å². The highest BCUT2D eigenvalue weighted by Gasteiger charge is 2.91. The van der Waals surface area contributed by atoms with Crippen molar-refractivity contribution >= 4 is 23.6 Å². The zero-order valence-electron chi connectivity index (χ0n) is 10.4. The zero-order chi connectivity index (χ0) is 14.7. The van der Waals surface area contributed by atoms with Crippen LogP contribution in [0.5, 0.6) is 0 Å². The number of fused-ring (bicyclic) bond motifs is 1. The average Bonchev–Trinajstić information content (AvgIpc) is 2.99. The van der Waals surface area contributed by atoms with Crippen LogP contribution in [0.1, 0.15) is 11.5 Å². The molecule has 0 saturated heterocycles. The zero-order valence-corrected chi connectivity index (χ0v) is 10.4. The monoisotopic (exact) mass is 272 g/mol. The first-order valence-electron chi connectivity index (χ1n) is 5.95. The van der Waals surface area contributed by atoms with E-state index in [1.165, 1.54) is 0 Å². The number of benzene rings is 1. The molecule has 0 radical (unpaired) electrons. The number of primary amides is 2. The van der Waals surface area contributed by atoms with Gasteiger partial charge < -0.3 is 17.2 Å². The Balaban J connectivity index is 2.27. The van der Waals surface area contributed by atoms with Gasteiger partial charge in [0.15, 0.2) is 5.41 Å². The van der Waals surface area contributed by atoms with E-state index in [0.717, 1.165) is 0 Å². The number of amidine groups is 1. The lowest BCUT2D eigenvalue weighted by atomic mass is 9.92. The second kappa shape index (κ2) is 3.44. The first-order chi connectivity index (χ1) is 9.41. The Morgan fingerprint density at radius 3 is 2.05 bits per heavy atom. The maximum absolute atomic E-state index is 12.1. The molecule has 20 heavy (non-hydrogen) atoms. The maximum Gasteiger partial charge on any atom is 0.265 e. The number of nitrogens with two attached hydrogens (primary N) is 3. The Morgan fingerprint density at radius 1 is 1.05 bits per heavy atom. The summed E-state index contributed by atoms with van der Waals surface area (Å²) in [5.41, 5.74) is 13.7. The van der Waals surface area contributed by atoms with Crippen LogP contribution in [0.4, 0.5) is 0 Å². The van der Waals surface area contributed by atoms with Crippen LogP contribution in [0.3, 0.4) is 0 Å². The van der Waals surface area contributed by atoms with Gasteiger partial charge in [-0.25, -0.2) is 0 Å². The highest BCUT2D eigenvalue weighted by atomic mass is 16.2. The van der Waals surface area contributed by atoms with Crippen LogP contribution in [0.25, 0.3) is 0 Å². The fraction of sp³-hybridized carbons (Fsp3) is 0.231. The van der Waals surface area contributed by atoms with Crippen LogP contribution in [0.2, 0.25) is 0 Å². The molecule has 3 amide bonds. The molecule has 0 aromatic heterocycles. The number of hydrogen-bond acceptors (Lipinski definition) is 4. The van der Waals surface area contributed by atoms with Crippen LogP contribution in [0, 0.1) is 10.8 Å². The highest BCUT2D eigenvalue weighted by Crippen LogP contribution is 2.77. The summed E-state index contributed by atoms with van der Waals surface area (Å²) in [6, 6.07) is 8.61. The summed E-state index contributed by atoms with van der Waals surface area (Å²) in [7, 11) is 0. The number of carbonyl (C=O) groups is 3. The fourth-order valence-electron chi connectivity index (χ4n) is 3.45. The Hall–Kier alpha value is -2.70. The number of hydrogen-bond donors (Lipinski definition) is 3. The lowest BCUT2D eigenvalue weighted by molar-refractivity contribution is -0.136. The minimum Gasteiger partial charge on any atom is -0.386 e. The number of amides is 3. The van der Waals surface area contributed by atoms with Crippen molar-refractivity contribution in [2.45, 2.75) is 5.92 Å². The first kappa shape index (κ1) is 12.3. The predicted molar refractivity (Wildman–Crippen MR) is 69.1 cm³/mol. The van der Waals surface area contributed by atoms with Crippen LogP contribution < -0.4 is 17.2 Å². The van der Waals surface area contributed by atoms with Crippen LogP contribution in [-0.2, 0) is 14.4 Å². The highest BCUT2D eigenvalue weighted by molar-refractivity contribution is 6.33. The van der Waals surface area contributed by atoms with Gasteiger partial charge in [-0.2, -0.15) is 4.99 Å². The molecular weight excluding hydrogens is 260 g/mol. The van der Waals surface area contributed by atoms with Gasteiger partial charge in [-0.1, -0.05) is 30.3 Å². The van der Waals surface area contributed by atoms with Crippen molar-refractivity contribution in [3.8, 4) is 0 Å². The molecule has 7 nitrogen and oxygen atoms in total. The average molecular weight is 272 g/mol. The third-order valence-corrected chi connectivity index (χ3v) is 4.28. The molecule has 1 saturated carbocycles. The van der Waals surface area contributed by atoms with Crippen molar-refractivity contribution in [2.75, 3.05) is 0 Å². The van der Waals surface area contributed by atoms with Crippen LogP contribution in [-0.4, -0.2) is 23.6 Å². The van der Waals surface area contributed by atoms with Gasteiger partial charge in [0.25, 0.3) is 5.91 Å². The second-order valence-electron chi connectivity index (χ2n) is 4.99. The number of rotatable bonds is 3. The van der Waals surface area contributed by atoms with Crippen molar-refractivity contribution in [2.24, 2.45) is 33.0 Å². The van der Waals surface area contributed by atoms with E-state index in [4.69, 9.17) is 17.2 Å². The van der Waals surface area contributed by atoms with Crippen LogP contribution in [0.15, 0.2) is 35.3 Å². The standard InChI is InChI=1S/C13H12N4O3/c14-8-12(9(15)18)7(6-4-2-1-3-5-6)13(12,10(16)19)11(20)17-8/h1-5,7H,(H2,15,18)(H2,16,19)(H2,14,17,20)/t7-,12-,13-/m1/s1. The largest absolute Gasteiger partial charge is 0.386 e. The van der Waals surface area contributed by atoms with Gasteiger partial charge in [0, 0.05) is 5.92 Å². The molecule has 1 aromatic rings. The Morgan fingerprint density at radius 2 is 1.60 bits per heavy atom. The van der Waals surface area contributed by atoms with E-state index in [-0.39, 0.29) is 5.84 Å². The van der Waals surface area contributed by atoms with E-state index >= 15 is 0 Å². The van der Waals surface area contributed by atoms with E-state index in [0.29, 0.717) is 5.56 Å². The summed E-state index contributed by atoms with van der Waals surface area (Å²) in [6.07, 6.45) is 0. The topological polar surface area (TPSA) is 142 Å². The van der Waals surface area contributed by atoms with Crippen molar-refractivity contribution < 1.29 is 14.4 Å². The molecule has 7 heteroatoms. The van der Waals surface area contributed by atoms with E-state index in [1.807, 2.05) is 0 Å². The van der Waals surface area contributed by atoms with E-state index in [2.05, 4.69) is 4.99 Å². The molecule has 1 fully saturated rings. The summed E-state index contributed by atoms with van der Waals surface area (Å²) in [5, 5.41) is 0. The number of nitrogens with zero attached hydrogens (tertiary/aromatic N) is 1. The van der Waals surface area contributed by atoms with Crippen molar-refractivity contribution in [1.82, 2.24) is 0 Å². The lowest BCUT2D eigenvalue weighted by Crippen LogP contribution is -2.43. The summed E-state index contributed by atoms with van der Waals surface area (Å²) < 4.78 is 0. The van der Waals surface area contributed by atoms with Crippen LogP contribution >= 0.6 is 0 Å². The molecule has 1 aliphatic carbocycles. The van der Waals surface area contributed by atoms with Crippen molar-refractivity contribution in [3.63, 3.8) is 0 Å². The normalized spacial score (nSPS) is 34.3. The molecule has 1 heterocycles. The summed E-state index contributed by atoms with van der Waals surface area (Å²) >= 11 is 0. The van der Waals surface area contributed by atoms with Gasteiger partial charge in [0.05, 0.1) is 0 Å². The lowest BCUT2D eigenvalue weighted by Gasteiger charge is -2.10. The molecule has 6 N–H and O–H groups in total. The molecular formula is C13H12N4O3. The quantitative estimate of drug-likeness (QED) is 0.583. The van der Waals surface area contributed by atoms with Gasteiger partial charge in [-0.3, -0.25) is 14.4 Å². The van der Waals surface area contributed by atoms with Gasteiger partial charge in [-0.05, 0) is 5.56 Å². The van der Waals surface area contributed by atoms with E-state index < -0.39 is 34.5 Å². The molecule has 2 aliphatic rings. The van der Waals surface area contributed by atoms with Gasteiger partial charge in [-0.15, -0.1) is 0 Å². The Bertz CT molecular complexity index is 684. The molecule has 0 bridgehead atoms. The summed E-state index contributed by atoms with van der Waals surface area (Å²) in [5.74, 6) is -3.61. The Labute approximate surface area is 113 Å². The van der Waals surface area contributed by atoms with E-state index in [9.17, 15) is 14.4 Å². The molecule has 102 valence electrons. The van der Waals surface area contributed by atoms with E-state index in [1.54, 1.807) is 30.3 Å². The second-order valence-corrected chi connectivity index (χ2v) is 4.99. The molecule has 0 unspecified atom stereocenters. The summed E-state index contributed by atoms with van der Waals surface area (Å²) in [4.78, 5) is 39.4. The summed E-state index contributed by atoms with van der Waals surface area (Å²) in [6.45, 7) is 0. The minimum absolute atomic E-state index is 0.234. The number of carbonyl (C=O) groups excluding carboxylic acids is 3. The minimum atomic E-state index is -1.77. The SMILES string of the molecule is NC(=O)[C@@]12C(N)=NC(=O)[C@]1(C(N)=O)[C@@H]2c1ccccc1. The maximum atomic E-state index is 12.1. The fourth-order valence-corrected chi connectivity index (χ4v) is 3.45. The molecule has 0 spiro atoms. The Kier molecular flexibility index (Phi) is 2.12. The van der Waals surface area contributed by atoms with Crippen molar-refractivity contribution in [3.05, 3.63) is 35.9 Å². The van der Waals surface area contributed by atoms with Gasteiger partial charge in [0.2, 0.25) is 11.8 Å². The third-order valence-electron chi connectivity index (χ3n) is 4.28. The molecule has 3 rings (SSSR count). The first-order valence-corrected chi connectivity index (χ1v) is 5.95.